The van der Waals surface area contributed by atoms with Crippen molar-refractivity contribution in [1.82, 2.24) is 9.78 Å². The van der Waals surface area contributed by atoms with E-state index in [9.17, 15) is 9.59 Å². The number of nitrogens with one attached hydrogen (secondary N) is 2. The molecule has 4 rings (SSSR count). The number of carbonyl (C=O) groups is 2. The smallest absolute Gasteiger partial charge is 0.262 e. The largest absolute Gasteiger partial charge is 0.483 e. The van der Waals surface area contributed by atoms with E-state index in [1.807, 2.05) is 67.6 Å². The topological polar surface area (TPSA) is 85.2 Å². The maximum atomic E-state index is 12.5. The van der Waals surface area contributed by atoms with Gasteiger partial charge in [-0.05, 0) is 41.5 Å². The average molecular weight is 428 g/mol. The summed E-state index contributed by atoms with van der Waals surface area (Å²) in [6.45, 7) is 3.18. The van der Waals surface area contributed by atoms with Crippen molar-refractivity contribution >= 4 is 34.0 Å². The van der Waals surface area contributed by atoms with E-state index < -0.39 is 0 Å². The van der Waals surface area contributed by atoms with Crippen LogP contribution in [-0.4, -0.2) is 28.2 Å². The second-order valence-electron chi connectivity index (χ2n) is 7.56. The third kappa shape index (κ3) is 4.62. The zero-order valence-electron chi connectivity index (χ0n) is 18.2. The summed E-state index contributed by atoms with van der Waals surface area (Å²) in [4.78, 5) is 23.8. The summed E-state index contributed by atoms with van der Waals surface area (Å²) in [6, 6.07) is 19.4. The summed E-state index contributed by atoms with van der Waals surface area (Å²) in [5, 5.41) is 11.9. The number of nitrogens with zero attached hydrogens (tertiary/aromatic N) is 2. The van der Waals surface area contributed by atoms with Crippen molar-refractivity contribution in [2.75, 3.05) is 17.2 Å². The van der Waals surface area contributed by atoms with Gasteiger partial charge in [-0.25, -0.2) is 0 Å². The molecule has 0 aliphatic rings. The molecule has 3 aromatic carbocycles. The molecule has 2 N–H and O–H groups in total. The molecule has 1 aromatic heterocycles. The molecule has 4 aromatic rings. The first-order chi connectivity index (χ1) is 15.4. The fourth-order valence-corrected chi connectivity index (χ4v) is 3.64. The maximum Gasteiger partial charge on any atom is 0.262 e. The molecule has 7 nitrogen and oxygen atoms in total. The molecule has 0 unspecified atom stereocenters. The molecule has 0 bridgehead atoms. The Labute approximate surface area is 186 Å². The van der Waals surface area contributed by atoms with Gasteiger partial charge in [-0.3, -0.25) is 14.3 Å². The molecule has 0 saturated heterocycles. The van der Waals surface area contributed by atoms with Crippen LogP contribution in [0.25, 0.3) is 21.9 Å². The Bertz CT molecular complexity index is 1290. The molecule has 0 atom stereocenters. The van der Waals surface area contributed by atoms with E-state index in [0.717, 1.165) is 33.3 Å². The molecule has 0 aliphatic heterocycles. The predicted molar refractivity (Wildman–Crippen MR) is 126 cm³/mol. The molecule has 2 amide bonds. The summed E-state index contributed by atoms with van der Waals surface area (Å²) in [5.74, 6) is 0.219. The molecule has 0 aliphatic carbocycles. The highest BCUT2D eigenvalue weighted by Gasteiger charge is 2.14. The van der Waals surface area contributed by atoms with Crippen LogP contribution in [0.15, 0.2) is 66.9 Å². The summed E-state index contributed by atoms with van der Waals surface area (Å²) in [5.41, 5.74) is 3.94. The van der Waals surface area contributed by atoms with E-state index in [-0.39, 0.29) is 18.4 Å². The summed E-state index contributed by atoms with van der Waals surface area (Å²) in [6.07, 6.45) is 1.76. The normalized spacial score (nSPS) is 10.7. The van der Waals surface area contributed by atoms with Gasteiger partial charge in [0.1, 0.15) is 5.75 Å². The number of fused-ring (bicyclic) bond motifs is 1. The van der Waals surface area contributed by atoms with E-state index >= 15 is 0 Å². The van der Waals surface area contributed by atoms with Gasteiger partial charge in [-0.1, -0.05) is 42.5 Å². The Kier molecular flexibility index (Phi) is 5.89. The summed E-state index contributed by atoms with van der Waals surface area (Å²) in [7, 11) is 1.80. The van der Waals surface area contributed by atoms with E-state index in [0.29, 0.717) is 11.4 Å². The molecule has 1 heterocycles. The standard InChI is InChI=1S/C25H24N4O3/c1-16-22(14-29(3)28-16)27-24(31)15-32-23-13-10-18-6-4-5-7-21(18)25(23)19-8-11-20(12-9-19)26-17(2)30/h4-14H,15H2,1-3H3,(H,26,30)(H,27,31). The van der Waals surface area contributed by atoms with Crippen LogP contribution >= 0.6 is 0 Å². The fraction of sp³-hybridized carbons (Fsp3) is 0.160. The predicted octanol–water partition coefficient (Wildman–Crippen LogP) is 4.52. The lowest BCUT2D eigenvalue weighted by Crippen LogP contribution is -2.20. The van der Waals surface area contributed by atoms with E-state index in [2.05, 4.69) is 15.7 Å². The second-order valence-corrected chi connectivity index (χ2v) is 7.56. The van der Waals surface area contributed by atoms with Gasteiger partial charge in [-0.15, -0.1) is 0 Å². The van der Waals surface area contributed by atoms with E-state index in [1.54, 1.807) is 17.9 Å². The van der Waals surface area contributed by atoms with Crippen molar-refractivity contribution in [2.45, 2.75) is 13.8 Å². The van der Waals surface area contributed by atoms with Crippen molar-refractivity contribution < 1.29 is 14.3 Å². The average Bonchev–Trinajstić information content (AvgIpc) is 3.08. The number of rotatable bonds is 6. The van der Waals surface area contributed by atoms with Gasteiger partial charge in [0, 0.05) is 31.4 Å². The van der Waals surface area contributed by atoms with Gasteiger partial charge < -0.3 is 15.4 Å². The van der Waals surface area contributed by atoms with E-state index in [4.69, 9.17) is 4.74 Å². The van der Waals surface area contributed by atoms with Crippen molar-refractivity contribution in [3.8, 4) is 16.9 Å². The lowest BCUT2D eigenvalue weighted by Gasteiger charge is -2.15. The first kappa shape index (κ1) is 21.1. The molecular weight excluding hydrogens is 404 g/mol. The number of benzene rings is 3. The molecule has 0 saturated carbocycles. The minimum Gasteiger partial charge on any atom is -0.483 e. The van der Waals surface area contributed by atoms with Crippen LogP contribution < -0.4 is 15.4 Å². The van der Waals surface area contributed by atoms with Crippen molar-refractivity contribution in [2.24, 2.45) is 7.05 Å². The number of aromatic nitrogens is 2. The van der Waals surface area contributed by atoms with Crippen LogP contribution in [0.5, 0.6) is 5.75 Å². The van der Waals surface area contributed by atoms with Crippen LogP contribution in [-0.2, 0) is 16.6 Å². The number of carbonyl (C=O) groups excluding carboxylic acids is 2. The second kappa shape index (κ2) is 8.93. The number of anilines is 2. The molecule has 162 valence electrons. The number of hydrogen-bond acceptors (Lipinski definition) is 4. The minimum atomic E-state index is -0.263. The van der Waals surface area contributed by atoms with Crippen molar-refractivity contribution in [3.63, 3.8) is 0 Å². The number of ether oxygens (including phenoxy) is 1. The Hall–Kier alpha value is -4.13. The lowest BCUT2D eigenvalue weighted by molar-refractivity contribution is -0.118. The van der Waals surface area contributed by atoms with Gasteiger partial charge in [-0.2, -0.15) is 5.10 Å². The molecule has 0 radical (unpaired) electrons. The van der Waals surface area contributed by atoms with Gasteiger partial charge in [0.15, 0.2) is 6.61 Å². The maximum absolute atomic E-state index is 12.5. The Morgan fingerprint density at radius 2 is 1.75 bits per heavy atom. The van der Waals surface area contributed by atoms with E-state index in [1.165, 1.54) is 6.92 Å². The van der Waals surface area contributed by atoms with Gasteiger partial charge in [0.2, 0.25) is 5.91 Å². The summed E-state index contributed by atoms with van der Waals surface area (Å²) >= 11 is 0. The molecular formula is C25H24N4O3. The van der Waals surface area contributed by atoms with Crippen molar-refractivity contribution in [1.29, 1.82) is 0 Å². The molecule has 7 heteroatoms. The third-order valence-electron chi connectivity index (χ3n) is 5.03. The number of amides is 2. The first-order valence-electron chi connectivity index (χ1n) is 10.2. The van der Waals surface area contributed by atoms with Gasteiger partial charge in [0.05, 0.1) is 11.4 Å². The van der Waals surface area contributed by atoms with Gasteiger partial charge in [0.25, 0.3) is 5.91 Å². The zero-order valence-corrected chi connectivity index (χ0v) is 18.2. The van der Waals surface area contributed by atoms with Crippen LogP contribution in [0.2, 0.25) is 0 Å². The van der Waals surface area contributed by atoms with Crippen LogP contribution in [0.3, 0.4) is 0 Å². The number of hydrogen-bond donors (Lipinski definition) is 2. The Balaban J connectivity index is 1.62. The third-order valence-corrected chi connectivity index (χ3v) is 5.03. The highest BCUT2D eigenvalue weighted by Crippen LogP contribution is 2.37. The number of aryl methyl sites for hydroxylation is 2. The molecule has 0 fully saturated rings. The quantitative estimate of drug-likeness (QED) is 0.473. The van der Waals surface area contributed by atoms with Gasteiger partial charge >= 0.3 is 0 Å². The minimum absolute atomic E-state index is 0.123. The zero-order chi connectivity index (χ0) is 22.7. The Morgan fingerprint density at radius 1 is 1.00 bits per heavy atom. The highest BCUT2D eigenvalue weighted by atomic mass is 16.5. The fourth-order valence-electron chi connectivity index (χ4n) is 3.64. The lowest BCUT2D eigenvalue weighted by atomic mass is 9.97. The summed E-state index contributed by atoms with van der Waals surface area (Å²) < 4.78 is 7.62. The molecule has 32 heavy (non-hydrogen) atoms. The highest BCUT2D eigenvalue weighted by molar-refractivity contribution is 6.00. The van der Waals surface area contributed by atoms with Crippen LogP contribution in [0.4, 0.5) is 11.4 Å². The van der Waals surface area contributed by atoms with Crippen LogP contribution in [0.1, 0.15) is 12.6 Å². The first-order valence-corrected chi connectivity index (χ1v) is 10.2. The van der Waals surface area contributed by atoms with Crippen molar-refractivity contribution in [3.05, 3.63) is 72.6 Å². The Morgan fingerprint density at radius 3 is 2.44 bits per heavy atom. The molecule has 0 spiro atoms. The van der Waals surface area contributed by atoms with Crippen LogP contribution in [0, 0.1) is 6.92 Å². The monoisotopic (exact) mass is 428 g/mol. The SMILES string of the molecule is CC(=O)Nc1ccc(-c2c(OCC(=O)Nc3cn(C)nc3C)ccc3ccccc23)cc1.